The average Bonchev–Trinajstić information content (AvgIpc) is 3.10. The Balaban J connectivity index is 1.60. The van der Waals surface area contributed by atoms with Gasteiger partial charge in [0.1, 0.15) is 0 Å². The Hall–Kier alpha value is -2.60. The molecule has 1 unspecified atom stereocenters. The van der Waals surface area contributed by atoms with E-state index in [4.69, 9.17) is 0 Å². The fourth-order valence-corrected chi connectivity index (χ4v) is 3.91. The van der Waals surface area contributed by atoms with Gasteiger partial charge in [-0.3, -0.25) is 9.36 Å². The maximum Gasteiger partial charge on any atom is 0.230 e. The standard InChI is InChI=1S/C23H28N4OS/c1-5-15-27-21(17-9-7-6-8-10-17)25-26-22(27)29-16-20(28)24-19-13-11-18(12-14-19)23(2,3)4/h5-13,19H,1,14-16H2,2-4H3,(H,24,28). The molecule has 3 rings (SSSR count). The van der Waals surface area contributed by atoms with Crippen molar-refractivity contribution in [2.24, 2.45) is 5.41 Å². The SMILES string of the molecule is C=CCn1c(SCC(=O)NC2C=CC(C(C)(C)C)=CC2)nnc1-c1ccccc1. The fraction of sp³-hybridized carbons (Fsp3) is 0.348. The van der Waals surface area contributed by atoms with Crippen LogP contribution in [-0.4, -0.2) is 32.5 Å². The minimum absolute atomic E-state index is 0.00771. The molecular formula is C23H28N4OS. The highest BCUT2D eigenvalue weighted by atomic mass is 32.2. The van der Waals surface area contributed by atoms with Crippen molar-refractivity contribution in [3.05, 3.63) is 66.8 Å². The number of nitrogens with one attached hydrogen (secondary N) is 1. The molecule has 1 aliphatic rings. The van der Waals surface area contributed by atoms with Gasteiger partial charge in [0.2, 0.25) is 5.91 Å². The van der Waals surface area contributed by atoms with Crippen molar-refractivity contribution in [2.75, 3.05) is 5.75 Å². The lowest BCUT2D eigenvalue weighted by atomic mass is 9.83. The summed E-state index contributed by atoms with van der Waals surface area (Å²) in [5.74, 6) is 1.07. The van der Waals surface area contributed by atoms with E-state index in [1.807, 2.05) is 41.0 Å². The summed E-state index contributed by atoms with van der Waals surface area (Å²) in [7, 11) is 0. The van der Waals surface area contributed by atoms with Gasteiger partial charge in [0.25, 0.3) is 0 Å². The molecule has 0 saturated carbocycles. The van der Waals surface area contributed by atoms with Gasteiger partial charge >= 0.3 is 0 Å². The van der Waals surface area contributed by atoms with Crippen LogP contribution in [-0.2, 0) is 11.3 Å². The van der Waals surface area contributed by atoms with Gasteiger partial charge in [-0.25, -0.2) is 0 Å². The zero-order valence-corrected chi connectivity index (χ0v) is 18.1. The third kappa shape index (κ3) is 5.48. The molecule has 1 aromatic carbocycles. The fourth-order valence-electron chi connectivity index (χ4n) is 3.15. The van der Waals surface area contributed by atoms with Crippen LogP contribution in [0.3, 0.4) is 0 Å². The molecule has 152 valence electrons. The number of rotatable bonds is 7. The molecule has 0 saturated heterocycles. The van der Waals surface area contributed by atoms with Crippen molar-refractivity contribution in [2.45, 2.75) is 44.9 Å². The van der Waals surface area contributed by atoms with Crippen molar-refractivity contribution in [1.82, 2.24) is 20.1 Å². The van der Waals surface area contributed by atoms with Crippen molar-refractivity contribution in [3.63, 3.8) is 0 Å². The lowest BCUT2D eigenvalue weighted by Crippen LogP contribution is -2.35. The van der Waals surface area contributed by atoms with Crippen molar-refractivity contribution in [1.29, 1.82) is 0 Å². The summed E-state index contributed by atoms with van der Waals surface area (Å²) in [5, 5.41) is 12.4. The van der Waals surface area contributed by atoms with Gasteiger partial charge in [0, 0.05) is 12.1 Å². The van der Waals surface area contributed by atoms with E-state index in [9.17, 15) is 4.79 Å². The molecular weight excluding hydrogens is 380 g/mol. The Morgan fingerprint density at radius 2 is 2.07 bits per heavy atom. The number of carbonyl (C=O) groups is 1. The van der Waals surface area contributed by atoms with Gasteiger partial charge < -0.3 is 5.32 Å². The van der Waals surface area contributed by atoms with Crippen LogP contribution in [0.5, 0.6) is 0 Å². The molecule has 0 bridgehead atoms. The van der Waals surface area contributed by atoms with E-state index in [-0.39, 0.29) is 17.4 Å². The molecule has 0 aliphatic heterocycles. The Morgan fingerprint density at radius 1 is 1.31 bits per heavy atom. The summed E-state index contributed by atoms with van der Waals surface area (Å²) in [6, 6.07) is 9.95. The number of benzene rings is 1. The lowest BCUT2D eigenvalue weighted by Gasteiger charge is -2.25. The van der Waals surface area contributed by atoms with Crippen LogP contribution in [0.1, 0.15) is 27.2 Å². The zero-order valence-electron chi connectivity index (χ0n) is 17.3. The lowest BCUT2D eigenvalue weighted by molar-refractivity contribution is -0.118. The molecule has 1 atom stereocenters. The van der Waals surface area contributed by atoms with Gasteiger partial charge in [0.15, 0.2) is 11.0 Å². The summed E-state index contributed by atoms with van der Waals surface area (Å²) in [6.07, 6.45) is 9.05. The highest BCUT2D eigenvalue weighted by Gasteiger charge is 2.20. The normalized spacial score (nSPS) is 16.4. The minimum atomic E-state index is -0.00771. The second-order valence-corrected chi connectivity index (χ2v) is 8.98. The predicted molar refractivity (Wildman–Crippen MR) is 120 cm³/mol. The highest BCUT2D eigenvalue weighted by molar-refractivity contribution is 7.99. The van der Waals surface area contributed by atoms with E-state index in [1.54, 1.807) is 0 Å². The molecule has 6 heteroatoms. The second-order valence-electron chi connectivity index (χ2n) is 8.04. The number of carbonyl (C=O) groups excluding carboxylic acids is 1. The maximum absolute atomic E-state index is 12.4. The van der Waals surface area contributed by atoms with E-state index in [0.717, 1.165) is 17.8 Å². The van der Waals surface area contributed by atoms with Crippen molar-refractivity contribution in [3.8, 4) is 11.4 Å². The Bertz CT molecular complexity index is 922. The van der Waals surface area contributed by atoms with Crippen LogP contribution >= 0.6 is 11.8 Å². The van der Waals surface area contributed by atoms with Crippen LogP contribution in [0.4, 0.5) is 0 Å². The predicted octanol–water partition coefficient (Wildman–Crippen LogP) is 4.64. The average molecular weight is 409 g/mol. The Labute approximate surface area is 177 Å². The van der Waals surface area contributed by atoms with Crippen molar-refractivity contribution >= 4 is 17.7 Å². The Morgan fingerprint density at radius 3 is 2.69 bits per heavy atom. The highest BCUT2D eigenvalue weighted by Crippen LogP contribution is 2.29. The molecule has 2 aromatic rings. The van der Waals surface area contributed by atoms with E-state index in [1.165, 1.54) is 17.3 Å². The summed E-state index contributed by atoms with van der Waals surface area (Å²) in [6.45, 7) is 11.0. The van der Waals surface area contributed by atoms with Crippen LogP contribution in [0, 0.1) is 5.41 Å². The number of nitrogens with zero attached hydrogens (tertiary/aromatic N) is 3. The quantitative estimate of drug-likeness (QED) is 0.536. The number of thioether (sulfide) groups is 1. The Kier molecular flexibility index (Phi) is 6.75. The molecule has 0 spiro atoms. The van der Waals surface area contributed by atoms with Gasteiger partial charge in [-0.2, -0.15) is 0 Å². The summed E-state index contributed by atoms with van der Waals surface area (Å²) in [5.41, 5.74) is 2.43. The van der Waals surface area contributed by atoms with E-state index < -0.39 is 0 Å². The minimum Gasteiger partial charge on any atom is -0.349 e. The third-order valence-corrected chi connectivity index (χ3v) is 5.67. The summed E-state index contributed by atoms with van der Waals surface area (Å²) < 4.78 is 1.99. The van der Waals surface area contributed by atoms with E-state index in [2.05, 4.69) is 61.1 Å². The largest absolute Gasteiger partial charge is 0.349 e. The third-order valence-electron chi connectivity index (χ3n) is 4.71. The molecule has 29 heavy (non-hydrogen) atoms. The van der Waals surface area contributed by atoms with Crippen LogP contribution in [0.25, 0.3) is 11.4 Å². The van der Waals surface area contributed by atoms with Gasteiger partial charge in [-0.1, -0.05) is 87.2 Å². The molecule has 1 N–H and O–H groups in total. The van der Waals surface area contributed by atoms with E-state index in [0.29, 0.717) is 17.5 Å². The first-order valence-electron chi connectivity index (χ1n) is 9.79. The van der Waals surface area contributed by atoms with Crippen LogP contribution in [0.15, 0.2) is 71.9 Å². The molecule has 1 aromatic heterocycles. The number of allylic oxidation sites excluding steroid dienone is 3. The first-order valence-corrected chi connectivity index (χ1v) is 10.8. The zero-order chi connectivity index (χ0) is 20.9. The first kappa shape index (κ1) is 21.1. The smallest absolute Gasteiger partial charge is 0.230 e. The van der Waals surface area contributed by atoms with Crippen LogP contribution < -0.4 is 5.32 Å². The van der Waals surface area contributed by atoms with Crippen LogP contribution in [0.2, 0.25) is 0 Å². The number of hydrogen-bond acceptors (Lipinski definition) is 4. The number of aromatic nitrogens is 3. The molecule has 1 amide bonds. The topological polar surface area (TPSA) is 59.8 Å². The van der Waals surface area contributed by atoms with Gasteiger partial charge in [0.05, 0.1) is 11.8 Å². The van der Waals surface area contributed by atoms with Gasteiger partial charge in [-0.15, -0.1) is 16.8 Å². The summed E-state index contributed by atoms with van der Waals surface area (Å²) in [4.78, 5) is 12.4. The molecule has 1 heterocycles. The molecule has 5 nitrogen and oxygen atoms in total. The van der Waals surface area contributed by atoms with E-state index >= 15 is 0 Å². The van der Waals surface area contributed by atoms with Crippen molar-refractivity contribution < 1.29 is 4.79 Å². The first-order chi connectivity index (χ1) is 13.9. The molecule has 0 radical (unpaired) electrons. The van der Waals surface area contributed by atoms with Gasteiger partial charge in [-0.05, 0) is 17.4 Å². The summed E-state index contributed by atoms with van der Waals surface area (Å²) >= 11 is 1.39. The number of amides is 1. The monoisotopic (exact) mass is 408 g/mol. The number of hydrogen-bond donors (Lipinski definition) is 1. The molecule has 1 aliphatic carbocycles. The molecule has 0 fully saturated rings. The maximum atomic E-state index is 12.4. The second kappa shape index (κ2) is 9.27.